The molecule has 0 fully saturated rings. The van der Waals surface area contributed by atoms with Gasteiger partial charge >= 0.3 is 5.97 Å². The lowest BCUT2D eigenvalue weighted by atomic mass is 10.2. The molecule has 0 aliphatic heterocycles. The third-order valence-electron chi connectivity index (χ3n) is 1.60. The Morgan fingerprint density at radius 3 is 2.81 bits per heavy atom. The molecule has 1 aromatic rings. The predicted octanol–water partition coefficient (Wildman–Crippen LogP) is 1.58. The fourth-order valence-electron chi connectivity index (χ4n) is 0.947. The van der Waals surface area contributed by atoms with E-state index in [-0.39, 0.29) is 12.2 Å². The second kappa shape index (κ2) is 5.12. The van der Waals surface area contributed by atoms with Crippen LogP contribution in [-0.2, 0) is 9.53 Å². The first-order chi connectivity index (χ1) is 7.54. The van der Waals surface area contributed by atoms with E-state index in [1.54, 1.807) is 6.92 Å². The van der Waals surface area contributed by atoms with Gasteiger partial charge in [0.05, 0.1) is 12.2 Å². The van der Waals surface area contributed by atoms with Gasteiger partial charge in [0.15, 0.2) is 11.6 Å². The number of hydrogen-bond acceptors (Lipinski definition) is 3. The van der Waals surface area contributed by atoms with E-state index in [4.69, 9.17) is 5.11 Å². The van der Waals surface area contributed by atoms with Crippen LogP contribution in [0.15, 0.2) is 12.1 Å². The molecule has 0 amide bonds. The molecule has 1 rings (SSSR count). The molecule has 0 heterocycles. The third-order valence-corrected chi connectivity index (χ3v) is 1.60. The van der Waals surface area contributed by atoms with Crippen LogP contribution >= 0.6 is 0 Å². The standard InChI is InChI=1S/C11H8F2O3/c1-2-16-10(14)4-3-7-5-8(12)6-9(13)11(7)15/h5-6,15H,2H2,1H3. The van der Waals surface area contributed by atoms with Crippen molar-refractivity contribution in [1.82, 2.24) is 0 Å². The van der Waals surface area contributed by atoms with Crippen LogP contribution in [0.3, 0.4) is 0 Å². The van der Waals surface area contributed by atoms with Crippen molar-refractivity contribution in [2.75, 3.05) is 6.61 Å². The summed E-state index contributed by atoms with van der Waals surface area (Å²) in [5.74, 6) is 0.478. The van der Waals surface area contributed by atoms with Crippen LogP contribution in [0.4, 0.5) is 8.78 Å². The topological polar surface area (TPSA) is 46.5 Å². The van der Waals surface area contributed by atoms with Gasteiger partial charge < -0.3 is 9.84 Å². The smallest absolute Gasteiger partial charge is 0.384 e. The number of hydrogen-bond donors (Lipinski definition) is 1. The lowest BCUT2D eigenvalue weighted by Crippen LogP contribution is -1.99. The van der Waals surface area contributed by atoms with Crippen molar-refractivity contribution in [2.24, 2.45) is 0 Å². The highest BCUT2D eigenvalue weighted by Gasteiger charge is 2.08. The molecule has 16 heavy (non-hydrogen) atoms. The van der Waals surface area contributed by atoms with Crippen LogP contribution in [0.5, 0.6) is 5.75 Å². The Labute approximate surface area is 90.7 Å². The Hall–Kier alpha value is -2.09. The summed E-state index contributed by atoms with van der Waals surface area (Å²) >= 11 is 0. The van der Waals surface area contributed by atoms with E-state index < -0.39 is 23.4 Å². The summed E-state index contributed by atoms with van der Waals surface area (Å²) in [5, 5.41) is 9.17. The molecule has 0 unspecified atom stereocenters. The second-order valence-electron chi connectivity index (χ2n) is 2.75. The zero-order valence-corrected chi connectivity index (χ0v) is 8.38. The van der Waals surface area contributed by atoms with Gasteiger partial charge in [0, 0.05) is 12.0 Å². The number of ether oxygens (including phenoxy) is 1. The van der Waals surface area contributed by atoms with Crippen molar-refractivity contribution in [2.45, 2.75) is 6.92 Å². The van der Waals surface area contributed by atoms with E-state index >= 15 is 0 Å². The molecule has 3 nitrogen and oxygen atoms in total. The monoisotopic (exact) mass is 226 g/mol. The van der Waals surface area contributed by atoms with Crippen LogP contribution in [0.25, 0.3) is 0 Å². The summed E-state index contributed by atoms with van der Waals surface area (Å²) in [4.78, 5) is 10.8. The van der Waals surface area contributed by atoms with Gasteiger partial charge in [0.2, 0.25) is 0 Å². The van der Waals surface area contributed by atoms with Crippen LogP contribution < -0.4 is 0 Å². The molecule has 84 valence electrons. The van der Waals surface area contributed by atoms with E-state index in [9.17, 15) is 13.6 Å². The molecule has 0 aliphatic rings. The van der Waals surface area contributed by atoms with Crippen molar-refractivity contribution < 1.29 is 23.4 Å². The van der Waals surface area contributed by atoms with E-state index in [0.717, 1.165) is 6.07 Å². The number of phenols is 1. The predicted molar refractivity (Wildman–Crippen MR) is 51.5 cm³/mol. The van der Waals surface area contributed by atoms with Gasteiger partial charge in [-0.3, -0.25) is 0 Å². The SMILES string of the molecule is CCOC(=O)C#Cc1cc(F)cc(F)c1O. The van der Waals surface area contributed by atoms with Gasteiger partial charge in [-0.15, -0.1) is 0 Å². The molecule has 5 heteroatoms. The van der Waals surface area contributed by atoms with E-state index in [0.29, 0.717) is 6.07 Å². The highest BCUT2D eigenvalue weighted by atomic mass is 19.1. The average Bonchev–Trinajstić information content (AvgIpc) is 2.21. The minimum Gasteiger partial charge on any atom is -0.504 e. The van der Waals surface area contributed by atoms with Gasteiger partial charge in [-0.1, -0.05) is 5.92 Å². The maximum atomic E-state index is 12.8. The van der Waals surface area contributed by atoms with E-state index in [1.165, 1.54) is 0 Å². The lowest BCUT2D eigenvalue weighted by Gasteiger charge is -1.98. The van der Waals surface area contributed by atoms with Crippen molar-refractivity contribution in [1.29, 1.82) is 0 Å². The minimum atomic E-state index is -1.13. The normalized spacial score (nSPS) is 9.19. The molecule has 1 N–H and O–H groups in total. The van der Waals surface area contributed by atoms with Gasteiger partial charge in [0.1, 0.15) is 5.82 Å². The molecule has 0 aliphatic carbocycles. The zero-order chi connectivity index (χ0) is 12.1. The van der Waals surface area contributed by atoms with Gasteiger partial charge in [-0.25, -0.2) is 13.6 Å². The largest absolute Gasteiger partial charge is 0.504 e. The van der Waals surface area contributed by atoms with E-state index in [2.05, 4.69) is 10.7 Å². The maximum Gasteiger partial charge on any atom is 0.384 e. The number of rotatable bonds is 1. The second-order valence-corrected chi connectivity index (χ2v) is 2.75. The molecular weight excluding hydrogens is 218 g/mol. The molecule has 0 radical (unpaired) electrons. The Balaban J connectivity index is 3.01. The Bertz CT molecular complexity index is 472. The van der Waals surface area contributed by atoms with Crippen molar-refractivity contribution in [3.8, 4) is 17.6 Å². The summed E-state index contributed by atoms with van der Waals surface area (Å²) in [5.41, 5.74) is -0.300. The molecule has 0 saturated carbocycles. The van der Waals surface area contributed by atoms with Gasteiger partial charge in [0.25, 0.3) is 0 Å². The number of benzene rings is 1. The molecular formula is C11H8F2O3. The first kappa shape index (κ1) is 12.0. The summed E-state index contributed by atoms with van der Waals surface area (Å²) < 4.78 is 30.1. The number of halogens is 2. The molecule has 0 saturated heterocycles. The Morgan fingerprint density at radius 1 is 1.50 bits per heavy atom. The first-order valence-corrected chi connectivity index (χ1v) is 4.41. The Morgan fingerprint density at radius 2 is 2.19 bits per heavy atom. The molecule has 0 bridgehead atoms. The molecule has 0 atom stereocenters. The summed E-state index contributed by atoms with van der Waals surface area (Å²) in [6.07, 6.45) is 0. The fourth-order valence-corrected chi connectivity index (χ4v) is 0.947. The highest BCUT2D eigenvalue weighted by molar-refractivity contribution is 5.89. The van der Waals surface area contributed by atoms with Crippen LogP contribution in [0.2, 0.25) is 0 Å². The van der Waals surface area contributed by atoms with Crippen molar-refractivity contribution >= 4 is 5.97 Å². The number of esters is 1. The summed E-state index contributed by atoms with van der Waals surface area (Å²) in [7, 11) is 0. The minimum absolute atomic E-state index is 0.150. The molecule has 0 spiro atoms. The van der Waals surface area contributed by atoms with Gasteiger partial charge in [-0.2, -0.15) is 0 Å². The van der Waals surface area contributed by atoms with Crippen LogP contribution in [-0.4, -0.2) is 17.7 Å². The van der Waals surface area contributed by atoms with Gasteiger partial charge in [-0.05, 0) is 13.0 Å². The fraction of sp³-hybridized carbons (Fsp3) is 0.182. The molecule has 1 aromatic carbocycles. The number of carbonyl (C=O) groups excluding carboxylic acids is 1. The lowest BCUT2D eigenvalue weighted by molar-refractivity contribution is -0.136. The number of phenolic OH excluding ortho intramolecular Hbond substituents is 1. The van der Waals surface area contributed by atoms with Crippen molar-refractivity contribution in [3.05, 3.63) is 29.3 Å². The number of aromatic hydroxyl groups is 1. The zero-order valence-electron chi connectivity index (χ0n) is 8.38. The first-order valence-electron chi connectivity index (χ1n) is 4.41. The Kier molecular flexibility index (Phi) is 3.84. The molecule has 0 aromatic heterocycles. The maximum absolute atomic E-state index is 12.8. The summed E-state index contributed by atoms with van der Waals surface area (Å²) in [6.45, 7) is 1.75. The number of carbonyl (C=O) groups is 1. The quantitative estimate of drug-likeness (QED) is 0.584. The highest BCUT2D eigenvalue weighted by Crippen LogP contribution is 2.21. The summed E-state index contributed by atoms with van der Waals surface area (Å²) in [6, 6.07) is 1.34. The average molecular weight is 226 g/mol. The van der Waals surface area contributed by atoms with Crippen molar-refractivity contribution in [3.63, 3.8) is 0 Å². The van der Waals surface area contributed by atoms with E-state index in [1.807, 2.05) is 5.92 Å². The van der Waals surface area contributed by atoms with Crippen LogP contribution in [0, 0.1) is 23.5 Å². The third kappa shape index (κ3) is 2.95. The van der Waals surface area contributed by atoms with Crippen LogP contribution in [0.1, 0.15) is 12.5 Å².